The van der Waals surface area contributed by atoms with Crippen LogP contribution in [0, 0.1) is 0 Å². The van der Waals surface area contributed by atoms with Crippen LogP contribution in [-0.4, -0.2) is 40.3 Å². The number of nitrogens with zero attached hydrogens (tertiary/aromatic N) is 1. The summed E-state index contributed by atoms with van der Waals surface area (Å²) in [4.78, 5) is 13.4. The summed E-state index contributed by atoms with van der Waals surface area (Å²) in [6.45, 7) is 1.63. The highest BCUT2D eigenvalue weighted by molar-refractivity contribution is 5.98. The van der Waals surface area contributed by atoms with Gasteiger partial charge in [-0.1, -0.05) is 0 Å². The summed E-state index contributed by atoms with van der Waals surface area (Å²) < 4.78 is 15.7. The zero-order chi connectivity index (χ0) is 14.6. The highest BCUT2D eigenvalue weighted by atomic mass is 16.5. The van der Waals surface area contributed by atoms with E-state index in [-0.39, 0.29) is 5.91 Å². The van der Waals surface area contributed by atoms with E-state index in [0.29, 0.717) is 22.9 Å². The lowest BCUT2D eigenvalue weighted by atomic mass is 10.2. The number of rotatable bonds is 5. The van der Waals surface area contributed by atoms with Crippen molar-refractivity contribution in [3.8, 4) is 17.2 Å². The molecule has 0 aliphatic rings. The number of hydrogen-bond acceptors (Lipinski definition) is 5. The number of benzene rings is 1. The summed E-state index contributed by atoms with van der Waals surface area (Å²) in [6, 6.07) is 2.75. The zero-order valence-electron chi connectivity index (χ0n) is 11.9. The van der Waals surface area contributed by atoms with Crippen molar-refractivity contribution in [1.82, 2.24) is 0 Å². The van der Waals surface area contributed by atoms with E-state index in [0.717, 1.165) is 0 Å². The van der Waals surface area contributed by atoms with Gasteiger partial charge >= 0.3 is 0 Å². The summed E-state index contributed by atoms with van der Waals surface area (Å²) in [5, 5.41) is 0. The second kappa shape index (κ2) is 6.29. The third-order valence-electron chi connectivity index (χ3n) is 2.77. The molecule has 6 heteroatoms. The van der Waals surface area contributed by atoms with Crippen LogP contribution in [0.15, 0.2) is 12.1 Å². The van der Waals surface area contributed by atoms with Gasteiger partial charge in [0, 0.05) is 19.2 Å². The molecule has 1 atom stereocenters. The number of anilines is 1. The average Bonchev–Trinajstić information content (AvgIpc) is 2.43. The van der Waals surface area contributed by atoms with Crippen LogP contribution in [0.1, 0.15) is 6.92 Å². The average molecular weight is 268 g/mol. The fourth-order valence-corrected chi connectivity index (χ4v) is 1.70. The molecular weight excluding hydrogens is 248 g/mol. The number of likely N-dealkylation sites (N-methyl/N-ethyl adjacent to an activating group) is 1. The van der Waals surface area contributed by atoms with Crippen LogP contribution in [0.3, 0.4) is 0 Å². The van der Waals surface area contributed by atoms with Crippen molar-refractivity contribution < 1.29 is 19.0 Å². The van der Waals surface area contributed by atoms with Crippen LogP contribution in [0.5, 0.6) is 17.2 Å². The van der Waals surface area contributed by atoms with Crippen LogP contribution < -0.4 is 24.8 Å². The quantitative estimate of drug-likeness (QED) is 0.863. The fourth-order valence-electron chi connectivity index (χ4n) is 1.70. The fraction of sp³-hybridized carbons (Fsp3) is 0.462. The number of hydrogen-bond donors (Lipinski definition) is 1. The third kappa shape index (κ3) is 3.08. The molecule has 106 valence electrons. The molecule has 0 aromatic heterocycles. The summed E-state index contributed by atoms with van der Waals surface area (Å²) in [5.41, 5.74) is 6.18. The first-order valence-corrected chi connectivity index (χ1v) is 5.79. The van der Waals surface area contributed by atoms with E-state index in [4.69, 9.17) is 19.9 Å². The molecule has 1 rings (SSSR count). The smallest absolute Gasteiger partial charge is 0.243 e. The third-order valence-corrected chi connectivity index (χ3v) is 2.77. The van der Waals surface area contributed by atoms with Crippen LogP contribution in [0.2, 0.25) is 0 Å². The highest BCUT2D eigenvalue weighted by Gasteiger charge is 2.21. The van der Waals surface area contributed by atoms with Gasteiger partial charge in [-0.25, -0.2) is 0 Å². The van der Waals surface area contributed by atoms with Crippen molar-refractivity contribution in [1.29, 1.82) is 0 Å². The summed E-state index contributed by atoms with van der Waals surface area (Å²) >= 11 is 0. The van der Waals surface area contributed by atoms with E-state index < -0.39 is 6.04 Å². The first-order chi connectivity index (χ1) is 8.96. The minimum absolute atomic E-state index is 0.217. The van der Waals surface area contributed by atoms with Gasteiger partial charge in [0.1, 0.15) is 5.75 Å². The molecule has 0 aliphatic heterocycles. The van der Waals surface area contributed by atoms with E-state index in [9.17, 15) is 4.79 Å². The zero-order valence-corrected chi connectivity index (χ0v) is 11.9. The Balaban J connectivity index is 3.29. The minimum atomic E-state index is -0.595. The maximum Gasteiger partial charge on any atom is 0.243 e. The lowest BCUT2D eigenvalue weighted by Crippen LogP contribution is -2.39. The van der Waals surface area contributed by atoms with Gasteiger partial charge in [0.25, 0.3) is 0 Å². The number of nitrogens with two attached hydrogens (primary N) is 1. The molecule has 1 aromatic carbocycles. The van der Waals surface area contributed by atoms with Gasteiger partial charge in [0.2, 0.25) is 5.91 Å². The van der Waals surface area contributed by atoms with Gasteiger partial charge < -0.3 is 24.8 Å². The topological polar surface area (TPSA) is 74.0 Å². The van der Waals surface area contributed by atoms with E-state index in [1.807, 2.05) is 0 Å². The number of amides is 1. The molecular formula is C13H20N2O4. The van der Waals surface area contributed by atoms with Gasteiger partial charge in [-0.2, -0.15) is 0 Å². The molecule has 0 heterocycles. The first kappa shape index (κ1) is 15.1. The van der Waals surface area contributed by atoms with Crippen molar-refractivity contribution in [2.75, 3.05) is 33.3 Å². The maximum atomic E-state index is 11.9. The maximum absolute atomic E-state index is 11.9. The van der Waals surface area contributed by atoms with Gasteiger partial charge in [0.05, 0.1) is 33.1 Å². The SMILES string of the molecule is COc1cc(OC)c(N(C)C(=O)C(C)N)cc1OC. The Morgan fingerprint density at radius 3 is 2.00 bits per heavy atom. The molecule has 19 heavy (non-hydrogen) atoms. The first-order valence-electron chi connectivity index (χ1n) is 5.79. The highest BCUT2D eigenvalue weighted by Crippen LogP contribution is 2.39. The molecule has 0 aliphatic carbocycles. The Bertz CT molecular complexity index is 460. The molecule has 0 bridgehead atoms. The Morgan fingerprint density at radius 1 is 1.11 bits per heavy atom. The number of ether oxygens (including phenoxy) is 3. The molecule has 1 amide bonds. The Morgan fingerprint density at radius 2 is 1.58 bits per heavy atom. The molecule has 0 spiro atoms. The predicted molar refractivity (Wildman–Crippen MR) is 73.2 cm³/mol. The molecule has 0 radical (unpaired) electrons. The van der Waals surface area contributed by atoms with Crippen molar-refractivity contribution >= 4 is 11.6 Å². The van der Waals surface area contributed by atoms with Gasteiger partial charge in [0.15, 0.2) is 11.5 Å². The van der Waals surface area contributed by atoms with Crippen LogP contribution in [0.25, 0.3) is 0 Å². The van der Waals surface area contributed by atoms with Gasteiger partial charge in [-0.3, -0.25) is 4.79 Å². The van der Waals surface area contributed by atoms with E-state index >= 15 is 0 Å². The second-order valence-electron chi connectivity index (χ2n) is 4.06. The minimum Gasteiger partial charge on any atom is -0.494 e. The molecule has 0 saturated carbocycles. The molecule has 1 aromatic rings. The Kier molecular flexibility index (Phi) is 5.00. The van der Waals surface area contributed by atoms with E-state index in [1.54, 1.807) is 26.1 Å². The number of carbonyl (C=O) groups is 1. The van der Waals surface area contributed by atoms with Gasteiger partial charge in [-0.05, 0) is 6.92 Å². The lowest BCUT2D eigenvalue weighted by Gasteiger charge is -2.23. The molecule has 0 saturated heterocycles. The monoisotopic (exact) mass is 268 g/mol. The van der Waals surface area contributed by atoms with Crippen molar-refractivity contribution in [3.05, 3.63) is 12.1 Å². The largest absolute Gasteiger partial charge is 0.494 e. The van der Waals surface area contributed by atoms with Crippen molar-refractivity contribution in [2.24, 2.45) is 5.73 Å². The normalized spacial score (nSPS) is 11.7. The number of methoxy groups -OCH3 is 3. The summed E-state index contributed by atoms with van der Waals surface area (Å²) in [5.74, 6) is 1.34. The van der Waals surface area contributed by atoms with Gasteiger partial charge in [-0.15, -0.1) is 0 Å². The number of carbonyl (C=O) groups excluding carboxylic acids is 1. The second-order valence-corrected chi connectivity index (χ2v) is 4.06. The summed E-state index contributed by atoms with van der Waals surface area (Å²) in [6.07, 6.45) is 0. The van der Waals surface area contributed by atoms with Crippen LogP contribution in [-0.2, 0) is 4.79 Å². The van der Waals surface area contributed by atoms with Crippen molar-refractivity contribution in [2.45, 2.75) is 13.0 Å². The summed E-state index contributed by atoms with van der Waals surface area (Å²) in [7, 11) is 6.22. The Labute approximate surface area is 113 Å². The molecule has 2 N–H and O–H groups in total. The van der Waals surface area contributed by atoms with Crippen molar-refractivity contribution in [3.63, 3.8) is 0 Å². The molecule has 6 nitrogen and oxygen atoms in total. The van der Waals surface area contributed by atoms with E-state index in [1.165, 1.54) is 26.2 Å². The van der Waals surface area contributed by atoms with Crippen LogP contribution in [0.4, 0.5) is 5.69 Å². The predicted octanol–water partition coefficient (Wildman–Crippen LogP) is 1.02. The standard InChI is InChI=1S/C13H20N2O4/c1-8(14)13(16)15(2)9-6-11(18-4)12(19-5)7-10(9)17-3/h6-8H,14H2,1-5H3. The molecule has 1 unspecified atom stereocenters. The molecule has 0 fully saturated rings. The van der Waals surface area contributed by atoms with Crippen LogP contribution >= 0.6 is 0 Å². The lowest BCUT2D eigenvalue weighted by molar-refractivity contribution is -0.119. The Hall–Kier alpha value is -1.95. The van der Waals surface area contributed by atoms with E-state index in [2.05, 4.69) is 0 Å².